The van der Waals surface area contributed by atoms with Crippen molar-refractivity contribution in [1.82, 2.24) is 4.90 Å². The number of ether oxygens (including phenoxy) is 1. The molecule has 1 heterocycles. The molecule has 1 aliphatic heterocycles. The van der Waals surface area contributed by atoms with Crippen molar-refractivity contribution in [2.24, 2.45) is 0 Å². The quantitative estimate of drug-likeness (QED) is 0.722. The zero-order chi connectivity index (χ0) is 10.7. The molecule has 0 spiro atoms. The van der Waals surface area contributed by atoms with Gasteiger partial charge in [0.25, 0.3) is 0 Å². The molecule has 0 amide bonds. The number of hydrogen-bond acceptors (Lipinski definition) is 3. The molecule has 0 unspecified atom stereocenters. The van der Waals surface area contributed by atoms with Crippen molar-refractivity contribution >= 4 is 5.69 Å². The van der Waals surface area contributed by atoms with E-state index in [1.165, 1.54) is 0 Å². The van der Waals surface area contributed by atoms with Crippen molar-refractivity contribution in [2.75, 3.05) is 45.2 Å². The molecule has 1 aliphatic rings. The molecule has 1 aromatic rings. The number of methoxy groups -OCH3 is 1. The highest BCUT2D eigenvalue weighted by Crippen LogP contribution is 2.27. The zero-order valence-corrected chi connectivity index (χ0v) is 9.36. The van der Waals surface area contributed by atoms with E-state index in [1.807, 2.05) is 18.2 Å². The summed E-state index contributed by atoms with van der Waals surface area (Å²) in [6.07, 6.45) is 0. The average molecular weight is 205 g/mol. The van der Waals surface area contributed by atoms with E-state index in [1.54, 1.807) is 7.11 Å². The second-order valence-corrected chi connectivity index (χ2v) is 3.89. The van der Waals surface area contributed by atoms with Gasteiger partial charge in [-0.3, -0.25) is 0 Å². The standard InChI is InChI=1S/C12H17N2O/c1-13-7-9-14(10-8-13)11-5-3-4-6-12(11)15-2/h4-6H,7-10H2,1-2H3. The molecular formula is C12H17N2O. The highest BCUT2D eigenvalue weighted by molar-refractivity contribution is 5.58. The second kappa shape index (κ2) is 4.53. The molecule has 81 valence electrons. The summed E-state index contributed by atoms with van der Waals surface area (Å²) in [5.41, 5.74) is 1.16. The number of hydrogen-bond donors (Lipinski definition) is 0. The maximum atomic E-state index is 5.35. The molecule has 1 saturated heterocycles. The fraction of sp³-hybridized carbons (Fsp3) is 0.500. The largest absolute Gasteiger partial charge is 0.495 e. The van der Waals surface area contributed by atoms with Gasteiger partial charge in [0, 0.05) is 26.2 Å². The summed E-state index contributed by atoms with van der Waals surface area (Å²) in [6.45, 7) is 4.34. The smallest absolute Gasteiger partial charge is 0.142 e. The molecule has 1 radical (unpaired) electrons. The van der Waals surface area contributed by atoms with Gasteiger partial charge in [0.2, 0.25) is 0 Å². The number of nitrogens with zero attached hydrogens (tertiary/aromatic N) is 2. The maximum Gasteiger partial charge on any atom is 0.142 e. The van der Waals surface area contributed by atoms with Crippen molar-refractivity contribution in [3.63, 3.8) is 0 Å². The summed E-state index contributed by atoms with van der Waals surface area (Å²) in [7, 11) is 3.88. The second-order valence-electron chi connectivity index (χ2n) is 3.89. The predicted molar refractivity (Wildman–Crippen MR) is 61.5 cm³/mol. The lowest BCUT2D eigenvalue weighted by molar-refractivity contribution is 0.311. The number of rotatable bonds is 2. The van der Waals surface area contributed by atoms with Gasteiger partial charge in [-0.2, -0.15) is 0 Å². The van der Waals surface area contributed by atoms with Gasteiger partial charge < -0.3 is 14.5 Å². The van der Waals surface area contributed by atoms with Crippen LogP contribution in [0, 0.1) is 6.07 Å². The Balaban J connectivity index is 2.15. The minimum absolute atomic E-state index is 0.943. The molecule has 0 aliphatic carbocycles. The number of anilines is 1. The lowest BCUT2D eigenvalue weighted by Crippen LogP contribution is -2.44. The Labute approximate surface area is 91.2 Å². The van der Waals surface area contributed by atoms with Crippen molar-refractivity contribution < 1.29 is 4.74 Å². The van der Waals surface area contributed by atoms with Crippen LogP contribution < -0.4 is 9.64 Å². The van der Waals surface area contributed by atoms with E-state index in [2.05, 4.69) is 22.9 Å². The van der Waals surface area contributed by atoms with Crippen molar-refractivity contribution in [3.05, 3.63) is 24.3 Å². The fourth-order valence-corrected chi connectivity index (χ4v) is 1.87. The third kappa shape index (κ3) is 2.23. The third-order valence-electron chi connectivity index (χ3n) is 2.87. The summed E-state index contributed by atoms with van der Waals surface area (Å²) >= 11 is 0. The lowest BCUT2D eigenvalue weighted by atomic mass is 10.2. The monoisotopic (exact) mass is 205 g/mol. The molecular weight excluding hydrogens is 188 g/mol. The Bertz CT molecular complexity index is 319. The Morgan fingerprint density at radius 2 is 2.00 bits per heavy atom. The first-order chi connectivity index (χ1) is 7.31. The van der Waals surface area contributed by atoms with Gasteiger partial charge in [0.05, 0.1) is 12.8 Å². The van der Waals surface area contributed by atoms with Gasteiger partial charge in [0.15, 0.2) is 0 Å². The van der Waals surface area contributed by atoms with E-state index >= 15 is 0 Å². The molecule has 1 fully saturated rings. The van der Waals surface area contributed by atoms with E-state index in [0.717, 1.165) is 37.6 Å². The van der Waals surface area contributed by atoms with E-state index in [9.17, 15) is 0 Å². The van der Waals surface area contributed by atoms with Gasteiger partial charge in [-0.05, 0) is 25.2 Å². The van der Waals surface area contributed by atoms with E-state index in [4.69, 9.17) is 4.74 Å². The van der Waals surface area contributed by atoms with Crippen LogP contribution in [0.3, 0.4) is 0 Å². The summed E-state index contributed by atoms with van der Waals surface area (Å²) < 4.78 is 5.35. The lowest BCUT2D eigenvalue weighted by Gasteiger charge is -2.34. The van der Waals surface area contributed by atoms with Crippen LogP contribution in [0.25, 0.3) is 0 Å². The molecule has 2 rings (SSSR count). The van der Waals surface area contributed by atoms with E-state index in [-0.39, 0.29) is 0 Å². The summed E-state index contributed by atoms with van der Waals surface area (Å²) in [4.78, 5) is 4.70. The van der Waals surface area contributed by atoms with Crippen LogP contribution >= 0.6 is 0 Å². The Morgan fingerprint density at radius 3 is 2.67 bits per heavy atom. The normalized spacial score (nSPS) is 17.9. The van der Waals surface area contributed by atoms with Gasteiger partial charge in [0.1, 0.15) is 5.75 Å². The zero-order valence-electron chi connectivity index (χ0n) is 9.36. The molecule has 0 saturated carbocycles. The van der Waals surface area contributed by atoms with Gasteiger partial charge in [-0.1, -0.05) is 6.07 Å². The summed E-state index contributed by atoms with van der Waals surface area (Å²) in [5, 5.41) is 0. The number of benzene rings is 1. The molecule has 3 nitrogen and oxygen atoms in total. The maximum absolute atomic E-state index is 5.35. The summed E-state index contributed by atoms with van der Waals surface area (Å²) in [5.74, 6) is 0.943. The summed E-state index contributed by atoms with van der Waals surface area (Å²) in [6, 6.07) is 8.97. The minimum Gasteiger partial charge on any atom is -0.495 e. The molecule has 0 N–H and O–H groups in total. The minimum atomic E-state index is 0.943. The highest BCUT2D eigenvalue weighted by Gasteiger charge is 2.16. The van der Waals surface area contributed by atoms with Crippen LogP contribution in [0.1, 0.15) is 0 Å². The molecule has 0 aromatic heterocycles. The van der Waals surface area contributed by atoms with Crippen LogP contribution in [-0.2, 0) is 0 Å². The first kappa shape index (κ1) is 10.3. The van der Waals surface area contributed by atoms with E-state index < -0.39 is 0 Å². The first-order valence-corrected chi connectivity index (χ1v) is 5.29. The van der Waals surface area contributed by atoms with Crippen LogP contribution in [0.5, 0.6) is 5.75 Å². The van der Waals surface area contributed by atoms with Gasteiger partial charge >= 0.3 is 0 Å². The first-order valence-electron chi connectivity index (χ1n) is 5.29. The molecule has 0 bridgehead atoms. The SMILES string of the molecule is COc1cc[c]cc1N1CCN(C)CC1. The van der Waals surface area contributed by atoms with Gasteiger partial charge in [-0.25, -0.2) is 0 Å². The molecule has 1 aromatic carbocycles. The Kier molecular flexibility index (Phi) is 3.11. The Hall–Kier alpha value is -1.22. The van der Waals surface area contributed by atoms with Crippen LogP contribution in [0.2, 0.25) is 0 Å². The molecule has 15 heavy (non-hydrogen) atoms. The number of piperazine rings is 1. The third-order valence-corrected chi connectivity index (χ3v) is 2.87. The molecule has 3 heteroatoms. The van der Waals surface area contributed by atoms with Crippen molar-refractivity contribution in [2.45, 2.75) is 0 Å². The van der Waals surface area contributed by atoms with Crippen LogP contribution in [0.15, 0.2) is 18.2 Å². The van der Waals surface area contributed by atoms with Crippen LogP contribution in [-0.4, -0.2) is 45.2 Å². The number of likely N-dealkylation sites (N-methyl/N-ethyl adjacent to an activating group) is 1. The average Bonchev–Trinajstić information content (AvgIpc) is 2.30. The topological polar surface area (TPSA) is 15.7 Å². The van der Waals surface area contributed by atoms with Gasteiger partial charge in [-0.15, -0.1) is 0 Å². The van der Waals surface area contributed by atoms with E-state index in [0.29, 0.717) is 0 Å². The van der Waals surface area contributed by atoms with Crippen molar-refractivity contribution in [3.8, 4) is 5.75 Å². The van der Waals surface area contributed by atoms with Crippen molar-refractivity contribution in [1.29, 1.82) is 0 Å². The molecule has 0 atom stereocenters. The Morgan fingerprint density at radius 1 is 1.27 bits per heavy atom. The highest BCUT2D eigenvalue weighted by atomic mass is 16.5. The fourth-order valence-electron chi connectivity index (χ4n) is 1.87. The van der Waals surface area contributed by atoms with Crippen LogP contribution in [0.4, 0.5) is 5.69 Å². The predicted octanol–water partition coefficient (Wildman–Crippen LogP) is 1.25.